The Balaban J connectivity index is 2.30. The second kappa shape index (κ2) is 5.73. The maximum Gasteiger partial charge on any atom is 0.213 e. The van der Waals surface area contributed by atoms with Crippen molar-refractivity contribution in [1.82, 2.24) is 0 Å². The molecule has 0 N–H and O–H groups in total. The predicted molar refractivity (Wildman–Crippen MR) is 103 cm³/mol. The van der Waals surface area contributed by atoms with Crippen LogP contribution in [0.3, 0.4) is 0 Å². The molecular weight excluding hydrogens is 290 g/mol. The predicted octanol–water partition coefficient (Wildman–Crippen LogP) is 5.55. The Morgan fingerprint density at radius 2 is 1.54 bits per heavy atom. The van der Waals surface area contributed by atoms with Gasteiger partial charge in [0.1, 0.15) is 7.05 Å². The Labute approximate surface area is 146 Å². The number of fused-ring (bicyclic) bond motifs is 1. The Hall–Kier alpha value is -2.15. The second-order valence-electron chi connectivity index (χ2n) is 8.12. The van der Waals surface area contributed by atoms with Crippen LogP contribution >= 0.6 is 0 Å². The molecule has 1 nitrogen and oxygen atoms in total. The number of rotatable bonds is 1. The highest BCUT2D eigenvalue weighted by molar-refractivity contribution is 5.85. The molecule has 124 valence electrons. The molecule has 0 aliphatic rings. The molecule has 0 radical (unpaired) electrons. The summed E-state index contributed by atoms with van der Waals surface area (Å²) in [7, 11) is 2.15. The molecule has 3 rings (SSSR count). The summed E-state index contributed by atoms with van der Waals surface area (Å²) in [4.78, 5) is 0. The highest BCUT2D eigenvalue weighted by atomic mass is 14.9. The van der Waals surface area contributed by atoms with Gasteiger partial charge >= 0.3 is 0 Å². The fraction of sp³-hybridized carbons (Fsp3) is 0.348. The summed E-state index contributed by atoms with van der Waals surface area (Å²) in [5.41, 5.74) is 8.20. The Kier molecular flexibility index (Phi) is 3.99. The van der Waals surface area contributed by atoms with Gasteiger partial charge in [0.15, 0.2) is 6.20 Å². The van der Waals surface area contributed by atoms with Crippen molar-refractivity contribution >= 4 is 10.8 Å². The Morgan fingerprint density at radius 1 is 0.833 bits per heavy atom. The summed E-state index contributed by atoms with van der Waals surface area (Å²) < 4.78 is 2.26. The van der Waals surface area contributed by atoms with Gasteiger partial charge in [-0.15, -0.1) is 0 Å². The molecule has 0 spiro atoms. The van der Waals surface area contributed by atoms with Gasteiger partial charge < -0.3 is 0 Å². The van der Waals surface area contributed by atoms with Gasteiger partial charge in [-0.05, 0) is 60.4 Å². The van der Waals surface area contributed by atoms with E-state index in [-0.39, 0.29) is 5.41 Å². The average Bonchev–Trinajstić information content (AvgIpc) is 2.49. The SMILES string of the molecule is Cc1ccc2c[n+](C)c(-c3cc(C(C)(C)C)cc(C)c3C)cc2c1. The number of nitrogens with zero attached hydrogens (tertiary/aromatic N) is 1. The number of hydrogen-bond donors (Lipinski definition) is 0. The number of benzene rings is 2. The van der Waals surface area contributed by atoms with Gasteiger partial charge in [-0.2, -0.15) is 0 Å². The third-order valence-corrected chi connectivity index (χ3v) is 5.06. The van der Waals surface area contributed by atoms with Crippen LogP contribution in [-0.4, -0.2) is 0 Å². The fourth-order valence-corrected chi connectivity index (χ4v) is 3.29. The third kappa shape index (κ3) is 2.96. The number of hydrogen-bond acceptors (Lipinski definition) is 0. The lowest BCUT2D eigenvalue weighted by atomic mass is 9.83. The van der Waals surface area contributed by atoms with E-state index >= 15 is 0 Å². The lowest BCUT2D eigenvalue weighted by Crippen LogP contribution is -2.31. The van der Waals surface area contributed by atoms with Crippen LogP contribution in [0, 0.1) is 20.8 Å². The molecule has 0 aliphatic carbocycles. The van der Waals surface area contributed by atoms with Gasteiger partial charge in [-0.1, -0.05) is 44.5 Å². The van der Waals surface area contributed by atoms with Crippen molar-refractivity contribution in [2.45, 2.75) is 47.0 Å². The molecule has 1 heterocycles. The molecule has 1 heteroatoms. The molecule has 0 bridgehead atoms. The maximum absolute atomic E-state index is 2.37. The van der Waals surface area contributed by atoms with Gasteiger partial charge in [0, 0.05) is 17.0 Å². The monoisotopic (exact) mass is 318 g/mol. The Bertz CT molecular complexity index is 927. The first-order chi connectivity index (χ1) is 11.2. The van der Waals surface area contributed by atoms with E-state index in [2.05, 4.69) is 95.8 Å². The summed E-state index contributed by atoms with van der Waals surface area (Å²) in [6, 6.07) is 13.7. The van der Waals surface area contributed by atoms with E-state index in [1.165, 1.54) is 44.3 Å². The van der Waals surface area contributed by atoms with Gasteiger partial charge in [0.05, 0.1) is 0 Å². The topological polar surface area (TPSA) is 3.88 Å². The molecule has 3 aromatic rings. The largest absolute Gasteiger partial charge is 0.213 e. The zero-order chi connectivity index (χ0) is 17.6. The van der Waals surface area contributed by atoms with Crippen molar-refractivity contribution in [2.24, 2.45) is 7.05 Å². The smallest absolute Gasteiger partial charge is 0.200 e. The standard InChI is InChI=1S/C23H28N/c1-15-8-9-18-14-24(7)22(12-19(18)10-15)21-13-20(23(4,5)6)11-16(2)17(21)3/h8-14H,1-7H3/q+1. The number of pyridine rings is 1. The average molecular weight is 318 g/mol. The van der Waals surface area contributed by atoms with Crippen LogP contribution in [0.15, 0.2) is 42.6 Å². The van der Waals surface area contributed by atoms with Crippen molar-refractivity contribution in [3.05, 3.63) is 64.8 Å². The lowest BCUT2D eigenvalue weighted by molar-refractivity contribution is -0.659. The minimum absolute atomic E-state index is 0.152. The highest BCUT2D eigenvalue weighted by Gasteiger charge is 2.20. The summed E-state index contributed by atoms with van der Waals surface area (Å²) in [5.74, 6) is 0. The summed E-state index contributed by atoms with van der Waals surface area (Å²) in [6.45, 7) is 13.5. The molecule has 0 saturated carbocycles. The zero-order valence-electron chi connectivity index (χ0n) is 16.0. The number of aromatic nitrogens is 1. The van der Waals surface area contributed by atoms with Crippen LogP contribution < -0.4 is 4.57 Å². The van der Waals surface area contributed by atoms with E-state index in [1.54, 1.807) is 0 Å². The van der Waals surface area contributed by atoms with E-state index < -0.39 is 0 Å². The molecule has 0 fully saturated rings. The molecule has 0 aliphatic heterocycles. The van der Waals surface area contributed by atoms with Crippen molar-refractivity contribution in [1.29, 1.82) is 0 Å². The normalized spacial score (nSPS) is 12.0. The van der Waals surface area contributed by atoms with Gasteiger partial charge in [0.2, 0.25) is 5.69 Å². The van der Waals surface area contributed by atoms with E-state index in [0.717, 1.165) is 0 Å². The summed E-state index contributed by atoms with van der Waals surface area (Å²) >= 11 is 0. The van der Waals surface area contributed by atoms with Crippen molar-refractivity contribution < 1.29 is 4.57 Å². The molecule has 1 aromatic heterocycles. The highest BCUT2D eigenvalue weighted by Crippen LogP contribution is 2.32. The molecule has 0 unspecified atom stereocenters. The van der Waals surface area contributed by atoms with Crippen molar-refractivity contribution in [3.63, 3.8) is 0 Å². The Morgan fingerprint density at radius 3 is 2.21 bits per heavy atom. The fourth-order valence-electron chi connectivity index (χ4n) is 3.29. The maximum atomic E-state index is 2.37. The molecule has 0 amide bonds. The molecule has 24 heavy (non-hydrogen) atoms. The summed E-state index contributed by atoms with van der Waals surface area (Å²) in [5, 5.41) is 2.59. The number of aryl methyl sites for hydroxylation is 3. The van der Waals surface area contributed by atoms with E-state index in [1.807, 2.05) is 0 Å². The lowest BCUT2D eigenvalue weighted by Gasteiger charge is -2.22. The van der Waals surface area contributed by atoms with Crippen LogP contribution in [0.4, 0.5) is 0 Å². The van der Waals surface area contributed by atoms with Crippen molar-refractivity contribution in [2.75, 3.05) is 0 Å². The van der Waals surface area contributed by atoms with Crippen LogP contribution in [0.2, 0.25) is 0 Å². The molecule has 0 atom stereocenters. The van der Waals surface area contributed by atoms with Gasteiger partial charge in [-0.3, -0.25) is 0 Å². The molecule has 0 saturated heterocycles. The zero-order valence-corrected chi connectivity index (χ0v) is 16.0. The molecular formula is C23H28N+. The summed E-state index contributed by atoms with van der Waals surface area (Å²) in [6.07, 6.45) is 2.24. The van der Waals surface area contributed by atoms with Gasteiger partial charge in [-0.25, -0.2) is 4.57 Å². The third-order valence-electron chi connectivity index (χ3n) is 5.06. The van der Waals surface area contributed by atoms with Gasteiger partial charge in [0.25, 0.3) is 0 Å². The first-order valence-corrected chi connectivity index (χ1v) is 8.69. The first kappa shape index (κ1) is 16.7. The quantitative estimate of drug-likeness (QED) is 0.518. The molecule has 2 aromatic carbocycles. The van der Waals surface area contributed by atoms with Crippen LogP contribution in [0.1, 0.15) is 43.0 Å². The van der Waals surface area contributed by atoms with Crippen LogP contribution in [0.25, 0.3) is 22.0 Å². The van der Waals surface area contributed by atoms with E-state index in [4.69, 9.17) is 0 Å². The van der Waals surface area contributed by atoms with Crippen LogP contribution in [-0.2, 0) is 12.5 Å². The van der Waals surface area contributed by atoms with E-state index in [9.17, 15) is 0 Å². The second-order valence-corrected chi connectivity index (χ2v) is 8.12. The minimum atomic E-state index is 0.152. The first-order valence-electron chi connectivity index (χ1n) is 8.69. The van der Waals surface area contributed by atoms with Crippen LogP contribution in [0.5, 0.6) is 0 Å². The van der Waals surface area contributed by atoms with Crippen molar-refractivity contribution in [3.8, 4) is 11.3 Å². The minimum Gasteiger partial charge on any atom is -0.200 e. The van der Waals surface area contributed by atoms with E-state index in [0.29, 0.717) is 0 Å².